The molecule has 0 saturated heterocycles. The summed E-state index contributed by atoms with van der Waals surface area (Å²) < 4.78 is 20.9. The van der Waals surface area contributed by atoms with E-state index in [4.69, 9.17) is 4.74 Å². The zero-order valence-corrected chi connectivity index (χ0v) is 16.5. The summed E-state index contributed by atoms with van der Waals surface area (Å²) in [6.07, 6.45) is 1.76. The number of rotatable bonds is 5. The van der Waals surface area contributed by atoms with Crippen LogP contribution in [-0.2, 0) is 0 Å². The molecule has 0 aliphatic carbocycles. The maximum absolute atomic E-state index is 13.3. The lowest BCUT2D eigenvalue weighted by molar-refractivity contribution is 0.482. The molecule has 144 valence electrons. The second-order valence-electron chi connectivity index (χ2n) is 6.18. The Morgan fingerprint density at radius 3 is 2.45 bits per heavy atom. The van der Waals surface area contributed by atoms with Crippen LogP contribution in [-0.4, -0.2) is 17.9 Å². The van der Waals surface area contributed by atoms with Gasteiger partial charge in [-0.15, -0.1) is 11.3 Å². The highest BCUT2D eigenvalue weighted by atomic mass is 32.1. The number of benzene rings is 3. The fourth-order valence-electron chi connectivity index (χ4n) is 2.79. The quantitative estimate of drug-likeness (QED) is 0.402. The molecule has 0 N–H and O–H groups in total. The van der Waals surface area contributed by atoms with Gasteiger partial charge < -0.3 is 4.74 Å². The second kappa shape index (κ2) is 8.67. The molecule has 0 amide bonds. The van der Waals surface area contributed by atoms with Crippen molar-refractivity contribution in [3.05, 3.63) is 100 Å². The van der Waals surface area contributed by atoms with Crippen LogP contribution in [0, 0.1) is 5.82 Å². The number of hydrogen-bond acceptors (Lipinski definition) is 4. The third-order valence-corrected chi connectivity index (χ3v) is 5.08. The molecule has 1 heterocycles. The topological polar surface area (TPSA) is 38.9 Å². The van der Waals surface area contributed by atoms with E-state index in [2.05, 4.69) is 10.1 Å². The third kappa shape index (κ3) is 4.50. The molecular weight excluding hydrogens is 385 g/mol. The number of aromatic nitrogens is 1. The first-order valence-electron chi connectivity index (χ1n) is 8.99. The number of halogens is 1. The fraction of sp³-hybridized carbons (Fsp3) is 0.0435. The molecule has 0 aliphatic rings. The van der Waals surface area contributed by atoms with Crippen LogP contribution in [0.2, 0.25) is 0 Å². The lowest BCUT2D eigenvalue weighted by Crippen LogP contribution is -2.11. The van der Waals surface area contributed by atoms with Gasteiger partial charge in [0.05, 0.1) is 11.9 Å². The Kier molecular flexibility index (Phi) is 5.63. The minimum atomic E-state index is -0.269. The normalized spacial score (nSPS) is 11.9. The van der Waals surface area contributed by atoms with Crippen molar-refractivity contribution in [3.8, 4) is 22.8 Å². The van der Waals surface area contributed by atoms with Gasteiger partial charge in [0.1, 0.15) is 17.3 Å². The molecule has 0 aliphatic heterocycles. The van der Waals surface area contributed by atoms with E-state index < -0.39 is 0 Å². The average Bonchev–Trinajstić information content (AvgIpc) is 3.17. The van der Waals surface area contributed by atoms with Crippen LogP contribution in [0.3, 0.4) is 0 Å². The van der Waals surface area contributed by atoms with Crippen LogP contribution in [0.1, 0.15) is 5.56 Å². The molecule has 6 heteroatoms. The lowest BCUT2D eigenvalue weighted by Gasteiger charge is -2.06. The molecule has 0 bridgehead atoms. The van der Waals surface area contributed by atoms with Crippen molar-refractivity contribution >= 4 is 17.6 Å². The van der Waals surface area contributed by atoms with Gasteiger partial charge in [-0.1, -0.05) is 30.3 Å². The van der Waals surface area contributed by atoms with Crippen LogP contribution < -0.4 is 9.54 Å². The van der Waals surface area contributed by atoms with Crippen molar-refractivity contribution in [2.45, 2.75) is 0 Å². The average molecular weight is 403 g/mol. The van der Waals surface area contributed by atoms with E-state index in [0.29, 0.717) is 0 Å². The van der Waals surface area contributed by atoms with Crippen LogP contribution in [0.4, 0.5) is 4.39 Å². The Balaban J connectivity index is 1.63. The van der Waals surface area contributed by atoms with Crippen LogP contribution in [0.25, 0.3) is 11.3 Å². The molecule has 0 atom stereocenters. The number of thiazole rings is 1. The molecule has 4 aromatic rings. The van der Waals surface area contributed by atoms with E-state index in [9.17, 15) is 4.39 Å². The molecule has 0 unspecified atom stereocenters. The smallest absolute Gasteiger partial charge is 0.205 e. The first-order valence-corrected chi connectivity index (χ1v) is 9.87. The number of hydrogen-bond donors (Lipinski definition) is 0. The SMILES string of the molecule is CN=c1scc(-c2ccc(F)cc2)n1/N=C/c1cccc(Oc2ccccc2)c1. The minimum absolute atomic E-state index is 0.269. The third-order valence-electron chi connectivity index (χ3n) is 4.18. The first-order chi connectivity index (χ1) is 14.2. The van der Waals surface area contributed by atoms with Gasteiger partial charge in [0.15, 0.2) is 0 Å². The molecule has 4 nitrogen and oxygen atoms in total. The molecule has 0 fully saturated rings. The highest BCUT2D eigenvalue weighted by molar-refractivity contribution is 7.07. The second-order valence-corrected chi connectivity index (χ2v) is 7.01. The van der Waals surface area contributed by atoms with Gasteiger partial charge in [0.2, 0.25) is 4.80 Å². The van der Waals surface area contributed by atoms with E-state index in [1.807, 2.05) is 60.0 Å². The standard InChI is InChI=1S/C23H18FN3OS/c1-25-23-27(22(16-29-23)18-10-12-19(24)13-11-18)26-15-17-6-5-9-21(14-17)28-20-7-3-2-4-8-20/h2-16H,1H3/b25-23?,26-15+. The predicted octanol–water partition coefficient (Wildman–Crippen LogP) is 5.56. The highest BCUT2D eigenvalue weighted by Crippen LogP contribution is 2.22. The first kappa shape index (κ1) is 18.8. The molecule has 4 rings (SSSR count). The van der Waals surface area contributed by atoms with E-state index in [1.54, 1.807) is 30.1 Å². The van der Waals surface area contributed by atoms with Gasteiger partial charge in [0.25, 0.3) is 0 Å². The molecule has 1 aromatic heterocycles. The van der Waals surface area contributed by atoms with Crippen LogP contribution >= 0.6 is 11.3 Å². The summed E-state index contributed by atoms with van der Waals surface area (Å²) in [6.45, 7) is 0. The van der Waals surface area contributed by atoms with Crippen molar-refractivity contribution < 1.29 is 9.13 Å². The zero-order valence-electron chi connectivity index (χ0n) is 15.7. The van der Waals surface area contributed by atoms with Crippen molar-refractivity contribution in [2.24, 2.45) is 10.1 Å². The van der Waals surface area contributed by atoms with Crippen molar-refractivity contribution in [1.29, 1.82) is 0 Å². The van der Waals surface area contributed by atoms with Crippen molar-refractivity contribution in [2.75, 3.05) is 7.05 Å². The van der Waals surface area contributed by atoms with Crippen molar-refractivity contribution in [3.63, 3.8) is 0 Å². The summed E-state index contributed by atoms with van der Waals surface area (Å²) in [4.78, 5) is 5.04. The van der Waals surface area contributed by atoms with Gasteiger partial charge in [0, 0.05) is 18.0 Å². The molecule has 29 heavy (non-hydrogen) atoms. The maximum atomic E-state index is 13.3. The Labute approximate surface area is 171 Å². The van der Waals surface area contributed by atoms with Gasteiger partial charge >= 0.3 is 0 Å². The van der Waals surface area contributed by atoms with E-state index >= 15 is 0 Å². The minimum Gasteiger partial charge on any atom is -0.457 e. The molecular formula is C23H18FN3OS. The Morgan fingerprint density at radius 2 is 1.69 bits per heavy atom. The number of ether oxygens (including phenoxy) is 1. The van der Waals surface area contributed by atoms with E-state index in [1.165, 1.54) is 23.5 Å². The Morgan fingerprint density at radius 1 is 0.931 bits per heavy atom. The summed E-state index contributed by atoms with van der Waals surface area (Å²) in [5.41, 5.74) is 2.61. The molecule has 0 radical (unpaired) electrons. The highest BCUT2D eigenvalue weighted by Gasteiger charge is 2.07. The predicted molar refractivity (Wildman–Crippen MR) is 115 cm³/mol. The van der Waals surface area contributed by atoms with Crippen LogP contribution in [0.5, 0.6) is 11.5 Å². The van der Waals surface area contributed by atoms with Gasteiger partial charge in [-0.25, -0.2) is 9.07 Å². The Bertz CT molecular complexity index is 1190. The molecule has 3 aromatic carbocycles. The maximum Gasteiger partial charge on any atom is 0.205 e. The molecule has 0 spiro atoms. The van der Waals surface area contributed by atoms with Gasteiger partial charge in [-0.2, -0.15) is 5.10 Å². The summed E-state index contributed by atoms with van der Waals surface area (Å²) in [5.74, 6) is 1.24. The van der Waals surface area contributed by atoms with Gasteiger partial charge in [-0.3, -0.25) is 4.99 Å². The molecule has 0 saturated carbocycles. The summed E-state index contributed by atoms with van der Waals surface area (Å²) in [7, 11) is 1.72. The Hall–Kier alpha value is -3.51. The van der Waals surface area contributed by atoms with Crippen LogP contribution in [0.15, 0.2) is 94.3 Å². The number of nitrogens with zero attached hydrogens (tertiary/aromatic N) is 3. The monoisotopic (exact) mass is 403 g/mol. The lowest BCUT2D eigenvalue weighted by atomic mass is 10.2. The largest absolute Gasteiger partial charge is 0.457 e. The number of para-hydroxylation sites is 1. The summed E-state index contributed by atoms with van der Waals surface area (Å²) >= 11 is 1.48. The summed E-state index contributed by atoms with van der Waals surface area (Å²) in [5, 5.41) is 6.57. The van der Waals surface area contributed by atoms with Gasteiger partial charge in [-0.05, 0) is 54.1 Å². The van der Waals surface area contributed by atoms with E-state index in [0.717, 1.165) is 33.1 Å². The summed E-state index contributed by atoms with van der Waals surface area (Å²) in [6, 6.07) is 23.7. The van der Waals surface area contributed by atoms with E-state index in [-0.39, 0.29) is 5.82 Å². The van der Waals surface area contributed by atoms with Crippen molar-refractivity contribution in [1.82, 2.24) is 4.68 Å². The zero-order chi connectivity index (χ0) is 20.1. The fourth-order valence-corrected chi connectivity index (χ4v) is 3.59.